The van der Waals surface area contributed by atoms with E-state index in [1.165, 1.54) is 4.90 Å². The lowest BCUT2D eigenvalue weighted by atomic mass is 9.76. The summed E-state index contributed by atoms with van der Waals surface area (Å²) in [6, 6.07) is 18.2. The second-order valence-electron chi connectivity index (χ2n) is 9.46. The molecule has 1 N–H and O–H groups in total. The van der Waals surface area contributed by atoms with Gasteiger partial charge in [-0.05, 0) is 47.7 Å². The number of rotatable bonds is 7. The Hall–Kier alpha value is -3.53. The minimum atomic E-state index is -5.03. The Bertz CT molecular complexity index is 1240. The normalized spacial score (nSPS) is 18.2. The molecule has 1 aliphatic rings. The van der Waals surface area contributed by atoms with Crippen LogP contribution in [0.4, 0.5) is 32.0 Å². The summed E-state index contributed by atoms with van der Waals surface area (Å²) in [6.45, 7) is 1.40. The lowest BCUT2D eigenvalue weighted by molar-refractivity contribution is -0.143. The highest BCUT2D eigenvalue weighted by atomic mass is 19.4. The Balaban J connectivity index is 1.68. The summed E-state index contributed by atoms with van der Waals surface area (Å²) in [6.07, 6.45) is -9.59. The Morgan fingerprint density at radius 1 is 0.897 bits per heavy atom. The molecule has 4 nitrogen and oxygen atoms in total. The molecule has 3 aromatic rings. The molecule has 0 spiro atoms. The van der Waals surface area contributed by atoms with Gasteiger partial charge in [0.1, 0.15) is 0 Å². The molecule has 1 aliphatic heterocycles. The van der Waals surface area contributed by atoms with Crippen LogP contribution >= 0.6 is 0 Å². The number of likely N-dealkylation sites (tertiary alicyclic amines) is 1. The molecular weight excluding hydrogens is 522 g/mol. The molecule has 1 fully saturated rings. The number of benzene rings is 3. The number of carbonyl (C=O) groups excluding carboxylic acids is 1. The van der Waals surface area contributed by atoms with Crippen molar-refractivity contribution in [2.45, 2.75) is 30.6 Å². The van der Waals surface area contributed by atoms with Crippen molar-refractivity contribution < 1.29 is 35.9 Å². The standard InChI is InChI=1S/C29H28F6N2O2/c1-39-14-12-36-26-10-6-5-9-24(26)23-11-13-37(18-25(23)19-7-3-2-4-8-19)27(38)20-15-21(28(30,31)32)17-22(16-20)29(33,34)35/h2-10,15-17,23,25,36H,11-14,18H2,1H3. The van der Waals surface area contributed by atoms with Gasteiger partial charge >= 0.3 is 12.4 Å². The number of piperidine rings is 1. The number of alkyl halides is 6. The third-order valence-electron chi connectivity index (χ3n) is 6.94. The predicted molar refractivity (Wildman–Crippen MR) is 136 cm³/mol. The number of carbonyl (C=O) groups is 1. The lowest BCUT2D eigenvalue weighted by Gasteiger charge is -2.40. The largest absolute Gasteiger partial charge is 0.416 e. The SMILES string of the molecule is COCCNc1ccccc1C1CCN(C(=O)c2cc(C(F)(F)F)cc(C(F)(F)F)c2)CC1c1ccccc1. The Kier molecular flexibility index (Phi) is 8.54. The van der Waals surface area contributed by atoms with Crippen LogP contribution in [0.25, 0.3) is 0 Å². The molecule has 1 amide bonds. The van der Waals surface area contributed by atoms with Crippen LogP contribution in [-0.4, -0.2) is 44.2 Å². The number of nitrogens with one attached hydrogen (secondary N) is 1. The molecule has 4 rings (SSSR count). The summed E-state index contributed by atoms with van der Waals surface area (Å²) in [7, 11) is 1.60. The molecule has 1 heterocycles. The molecule has 0 aliphatic carbocycles. The van der Waals surface area contributed by atoms with Crippen LogP contribution in [-0.2, 0) is 17.1 Å². The minimum Gasteiger partial charge on any atom is -0.383 e. The molecule has 0 saturated carbocycles. The van der Waals surface area contributed by atoms with Crippen molar-refractivity contribution >= 4 is 11.6 Å². The average Bonchev–Trinajstić information content (AvgIpc) is 2.92. The van der Waals surface area contributed by atoms with Gasteiger partial charge in [0.25, 0.3) is 5.91 Å². The van der Waals surface area contributed by atoms with Crippen LogP contribution in [0.15, 0.2) is 72.8 Å². The number of hydrogen-bond acceptors (Lipinski definition) is 3. The molecular formula is C29H28F6N2O2. The number of ether oxygens (including phenoxy) is 1. The molecule has 208 valence electrons. The van der Waals surface area contributed by atoms with Gasteiger partial charge in [-0.15, -0.1) is 0 Å². The lowest BCUT2D eigenvalue weighted by Crippen LogP contribution is -2.42. The van der Waals surface area contributed by atoms with E-state index in [1.54, 1.807) is 7.11 Å². The summed E-state index contributed by atoms with van der Waals surface area (Å²) in [5, 5.41) is 3.37. The number of nitrogens with zero attached hydrogens (tertiary/aromatic N) is 1. The van der Waals surface area contributed by atoms with Gasteiger partial charge in [0.15, 0.2) is 0 Å². The number of para-hydroxylation sites is 1. The van der Waals surface area contributed by atoms with E-state index in [1.807, 2.05) is 54.6 Å². The fourth-order valence-corrected chi connectivity index (χ4v) is 5.08. The molecule has 0 radical (unpaired) electrons. The van der Waals surface area contributed by atoms with Crippen LogP contribution in [0.1, 0.15) is 50.9 Å². The van der Waals surface area contributed by atoms with Gasteiger partial charge in [0.05, 0.1) is 17.7 Å². The molecule has 3 aromatic carbocycles. The highest BCUT2D eigenvalue weighted by molar-refractivity contribution is 5.95. The summed E-state index contributed by atoms with van der Waals surface area (Å²) >= 11 is 0. The number of halogens is 6. The molecule has 39 heavy (non-hydrogen) atoms. The second-order valence-corrected chi connectivity index (χ2v) is 9.46. The first kappa shape index (κ1) is 28.5. The van der Waals surface area contributed by atoms with Crippen molar-refractivity contribution in [3.05, 3.63) is 101 Å². The zero-order valence-electron chi connectivity index (χ0n) is 21.1. The first-order valence-corrected chi connectivity index (χ1v) is 12.4. The Morgan fingerprint density at radius 2 is 1.51 bits per heavy atom. The van der Waals surface area contributed by atoms with E-state index in [-0.39, 0.29) is 31.0 Å². The summed E-state index contributed by atoms with van der Waals surface area (Å²) < 4.78 is 85.6. The number of amides is 1. The Labute approximate surface area is 222 Å². The van der Waals surface area contributed by atoms with Gasteiger partial charge in [0, 0.05) is 43.9 Å². The second kappa shape index (κ2) is 11.7. The van der Waals surface area contributed by atoms with Crippen molar-refractivity contribution in [1.29, 1.82) is 0 Å². The summed E-state index contributed by atoms with van der Waals surface area (Å²) in [5.41, 5.74) is -0.797. The van der Waals surface area contributed by atoms with Crippen LogP contribution in [0.5, 0.6) is 0 Å². The van der Waals surface area contributed by atoms with E-state index in [9.17, 15) is 31.1 Å². The smallest absolute Gasteiger partial charge is 0.383 e. The van der Waals surface area contributed by atoms with Crippen LogP contribution in [0, 0.1) is 0 Å². The van der Waals surface area contributed by atoms with Crippen molar-refractivity contribution in [2.24, 2.45) is 0 Å². The van der Waals surface area contributed by atoms with Gasteiger partial charge in [0.2, 0.25) is 0 Å². The van der Waals surface area contributed by atoms with E-state index in [4.69, 9.17) is 4.74 Å². The molecule has 10 heteroatoms. The fraction of sp³-hybridized carbons (Fsp3) is 0.345. The van der Waals surface area contributed by atoms with Gasteiger partial charge in [-0.25, -0.2) is 0 Å². The maximum Gasteiger partial charge on any atom is 0.416 e. The zero-order valence-corrected chi connectivity index (χ0v) is 21.1. The van der Waals surface area contributed by atoms with E-state index in [2.05, 4.69) is 5.32 Å². The Morgan fingerprint density at radius 3 is 2.13 bits per heavy atom. The van der Waals surface area contributed by atoms with Crippen molar-refractivity contribution in [1.82, 2.24) is 4.90 Å². The van der Waals surface area contributed by atoms with E-state index in [0.717, 1.165) is 16.8 Å². The summed E-state index contributed by atoms with van der Waals surface area (Å²) in [4.78, 5) is 14.7. The fourth-order valence-electron chi connectivity index (χ4n) is 5.08. The van der Waals surface area contributed by atoms with Crippen LogP contribution < -0.4 is 5.32 Å². The van der Waals surface area contributed by atoms with Gasteiger partial charge < -0.3 is 15.0 Å². The van der Waals surface area contributed by atoms with E-state index >= 15 is 0 Å². The topological polar surface area (TPSA) is 41.6 Å². The summed E-state index contributed by atoms with van der Waals surface area (Å²) in [5.74, 6) is -1.14. The quantitative estimate of drug-likeness (QED) is 0.250. The third-order valence-corrected chi connectivity index (χ3v) is 6.94. The molecule has 2 atom stereocenters. The molecule has 1 saturated heterocycles. The number of hydrogen-bond donors (Lipinski definition) is 1. The third kappa shape index (κ3) is 6.73. The van der Waals surface area contributed by atoms with E-state index in [0.29, 0.717) is 31.7 Å². The first-order chi connectivity index (χ1) is 18.5. The number of anilines is 1. The first-order valence-electron chi connectivity index (χ1n) is 12.4. The molecule has 0 aromatic heterocycles. The van der Waals surface area contributed by atoms with Crippen LogP contribution in [0.2, 0.25) is 0 Å². The zero-order chi connectivity index (χ0) is 28.2. The number of methoxy groups -OCH3 is 1. The molecule has 2 unspecified atom stereocenters. The van der Waals surface area contributed by atoms with Gasteiger partial charge in [-0.3, -0.25) is 4.79 Å². The maximum atomic E-state index is 13.4. The van der Waals surface area contributed by atoms with Gasteiger partial charge in [-0.2, -0.15) is 26.3 Å². The van der Waals surface area contributed by atoms with Crippen molar-refractivity contribution in [3.63, 3.8) is 0 Å². The highest BCUT2D eigenvalue weighted by Crippen LogP contribution is 2.43. The van der Waals surface area contributed by atoms with Gasteiger partial charge in [-0.1, -0.05) is 48.5 Å². The maximum absolute atomic E-state index is 13.4. The van der Waals surface area contributed by atoms with E-state index < -0.39 is 35.0 Å². The highest BCUT2D eigenvalue weighted by Gasteiger charge is 2.39. The predicted octanol–water partition coefficient (Wildman–Crippen LogP) is 7.20. The molecule has 0 bridgehead atoms. The monoisotopic (exact) mass is 550 g/mol. The van der Waals surface area contributed by atoms with Crippen molar-refractivity contribution in [2.75, 3.05) is 38.7 Å². The average molecular weight is 551 g/mol. The van der Waals surface area contributed by atoms with Crippen LogP contribution in [0.3, 0.4) is 0 Å². The minimum absolute atomic E-state index is 0.0311. The van der Waals surface area contributed by atoms with Crippen molar-refractivity contribution in [3.8, 4) is 0 Å².